The van der Waals surface area contributed by atoms with Crippen LogP contribution < -0.4 is 5.32 Å². The molecular formula is C6H13NO2S. The van der Waals surface area contributed by atoms with E-state index >= 15 is 0 Å². The van der Waals surface area contributed by atoms with E-state index in [0.29, 0.717) is 0 Å². The third-order valence-corrected chi connectivity index (χ3v) is 1.85. The van der Waals surface area contributed by atoms with Gasteiger partial charge >= 0.3 is 0 Å². The Balaban J connectivity index is 2.70. The summed E-state index contributed by atoms with van der Waals surface area (Å²) in [5, 5.41) is 2.58. The van der Waals surface area contributed by atoms with E-state index in [1.165, 1.54) is 0 Å². The Hall–Kier alpha value is -0.220. The quantitative estimate of drug-likeness (QED) is 0.428. The number of amides is 1. The molecule has 0 spiro atoms. The Morgan fingerprint density at radius 3 is 3.00 bits per heavy atom. The first-order valence-electron chi connectivity index (χ1n) is 3.15. The highest BCUT2D eigenvalue weighted by Crippen LogP contribution is 1.96. The summed E-state index contributed by atoms with van der Waals surface area (Å²) in [5.74, 6) is 1.96. The van der Waals surface area contributed by atoms with Gasteiger partial charge in [0.25, 0.3) is 0 Å². The van der Waals surface area contributed by atoms with Crippen molar-refractivity contribution in [3.8, 4) is 0 Å². The van der Waals surface area contributed by atoms with Crippen molar-refractivity contribution in [2.45, 2.75) is 0 Å². The van der Waals surface area contributed by atoms with Crippen LogP contribution >= 0.6 is 11.8 Å². The lowest BCUT2D eigenvalue weighted by Crippen LogP contribution is -2.14. The largest absolute Gasteiger partial charge is 0.384 e. The van der Waals surface area contributed by atoms with E-state index in [4.69, 9.17) is 4.74 Å². The van der Waals surface area contributed by atoms with Crippen molar-refractivity contribution in [1.82, 2.24) is 5.32 Å². The van der Waals surface area contributed by atoms with E-state index in [9.17, 15) is 4.79 Å². The van der Waals surface area contributed by atoms with Gasteiger partial charge in [-0.3, -0.25) is 4.79 Å². The van der Waals surface area contributed by atoms with Crippen LogP contribution in [0.15, 0.2) is 0 Å². The predicted molar refractivity (Wildman–Crippen MR) is 43.3 cm³/mol. The molecule has 4 heteroatoms. The van der Waals surface area contributed by atoms with Crippen molar-refractivity contribution in [3.63, 3.8) is 0 Å². The van der Waals surface area contributed by atoms with Crippen molar-refractivity contribution >= 4 is 18.2 Å². The lowest BCUT2D eigenvalue weighted by Gasteiger charge is -1.98. The van der Waals surface area contributed by atoms with Crippen LogP contribution in [0.1, 0.15) is 0 Å². The van der Waals surface area contributed by atoms with E-state index in [1.807, 2.05) is 0 Å². The van der Waals surface area contributed by atoms with Crippen molar-refractivity contribution in [2.75, 3.05) is 31.8 Å². The molecule has 0 aromatic rings. The maximum absolute atomic E-state index is 9.75. The van der Waals surface area contributed by atoms with Crippen molar-refractivity contribution < 1.29 is 9.53 Å². The lowest BCUT2D eigenvalue weighted by molar-refractivity contribution is -0.109. The van der Waals surface area contributed by atoms with Gasteiger partial charge in [-0.2, -0.15) is 11.8 Å². The van der Waals surface area contributed by atoms with Gasteiger partial charge in [-0.05, 0) is 0 Å². The first-order chi connectivity index (χ1) is 4.91. The molecule has 0 aliphatic rings. The van der Waals surface area contributed by atoms with E-state index < -0.39 is 0 Å². The predicted octanol–water partition coefficient (Wildman–Crippen LogP) is 0.112. The summed E-state index contributed by atoms with van der Waals surface area (Å²) in [6, 6.07) is 0. The average Bonchev–Trinajstić information content (AvgIpc) is 1.97. The van der Waals surface area contributed by atoms with Gasteiger partial charge in [-0.15, -0.1) is 0 Å². The topological polar surface area (TPSA) is 38.3 Å². The summed E-state index contributed by atoms with van der Waals surface area (Å²) >= 11 is 1.77. The Kier molecular flexibility index (Phi) is 8.59. The van der Waals surface area contributed by atoms with Crippen LogP contribution in [0.4, 0.5) is 0 Å². The first kappa shape index (κ1) is 9.78. The van der Waals surface area contributed by atoms with Crippen LogP contribution in [0.3, 0.4) is 0 Å². The SMILES string of the molecule is COCCSCCNC=O. The second kappa shape index (κ2) is 8.78. The molecule has 1 N–H and O–H groups in total. The van der Waals surface area contributed by atoms with Crippen molar-refractivity contribution in [2.24, 2.45) is 0 Å². The molecule has 0 aromatic carbocycles. The molecule has 0 radical (unpaired) electrons. The number of nitrogens with one attached hydrogen (secondary N) is 1. The maximum atomic E-state index is 9.75. The number of hydrogen-bond acceptors (Lipinski definition) is 3. The van der Waals surface area contributed by atoms with Crippen LogP contribution in [0.25, 0.3) is 0 Å². The molecule has 0 unspecified atom stereocenters. The van der Waals surface area contributed by atoms with Crippen LogP contribution in [0, 0.1) is 0 Å². The molecule has 1 amide bonds. The van der Waals surface area contributed by atoms with Gasteiger partial charge in [0, 0.05) is 25.2 Å². The van der Waals surface area contributed by atoms with E-state index in [-0.39, 0.29) is 0 Å². The molecule has 0 atom stereocenters. The summed E-state index contributed by atoms with van der Waals surface area (Å²) in [7, 11) is 1.68. The zero-order valence-electron chi connectivity index (χ0n) is 6.13. The number of carbonyl (C=O) groups is 1. The average molecular weight is 163 g/mol. The van der Waals surface area contributed by atoms with Gasteiger partial charge in [0.1, 0.15) is 0 Å². The van der Waals surface area contributed by atoms with E-state index in [0.717, 1.165) is 31.1 Å². The molecule has 0 heterocycles. The van der Waals surface area contributed by atoms with Crippen molar-refractivity contribution in [1.29, 1.82) is 0 Å². The normalized spacial score (nSPS) is 9.30. The third-order valence-electron chi connectivity index (χ3n) is 0.906. The fourth-order valence-corrected chi connectivity index (χ4v) is 1.19. The van der Waals surface area contributed by atoms with Crippen LogP contribution in [-0.4, -0.2) is 38.2 Å². The van der Waals surface area contributed by atoms with Gasteiger partial charge in [-0.1, -0.05) is 0 Å². The Labute approximate surface area is 65.5 Å². The highest BCUT2D eigenvalue weighted by Gasteiger charge is 1.86. The monoisotopic (exact) mass is 163 g/mol. The summed E-state index contributed by atoms with van der Waals surface area (Å²) in [6.45, 7) is 1.53. The number of thioether (sulfide) groups is 1. The fourth-order valence-electron chi connectivity index (χ4n) is 0.434. The Morgan fingerprint density at radius 2 is 2.40 bits per heavy atom. The molecule has 0 aliphatic carbocycles. The lowest BCUT2D eigenvalue weighted by atomic mass is 10.8. The second-order valence-electron chi connectivity index (χ2n) is 1.68. The molecule has 0 aliphatic heterocycles. The standard InChI is InChI=1S/C6H13NO2S/c1-9-3-5-10-4-2-7-6-8/h6H,2-5H2,1H3,(H,7,8). The van der Waals surface area contributed by atoms with Crippen LogP contribution in [0.5, 0.6) is 0 Å². The van der Waals surface area contributed by atoms with Crippen LogP contribution in [0.2, 0.25) is 0 Å². The van der Waals surface area contributed by atoms with Crippen LogP contribution in [-0.2, 0) is 9.53 Å². The molecule has 0 bridgehead atoms. The Morgan fingerprint density at radius 1 is 1.60 bits per heavy atom. The molecule has 0 fully saturated rings. The molecule has 0 saturated carbocycles. The summed E-state index contributed by atoms with van der Waals surface area (Å²) in [6.07, 6.45) is 0.719. The van der Waals surface area contributed by atoms with Gasteiger partial charge in [0.15, 0.2) is 0 Å². The van der Waals surface area contributed by atoms with Gasteiger partial charge < -0.3 is 10.1 Å². The van der Waals surface area contributed by atoms with E-state index in [1.54, 1.807) is 18.9 Å². The minimum atomic E-state index is 0.719. The number of carbonyl (C=O) groups excluding carboxylic acids is 1. The molecule has 0 aromatic heterocycles. The van der Waals surface area contributed by atoms with Gasteiger partial charge in [-0.25, -0.2) is 0 Å². The Bertz CT molecular complexity index is 80.1. The highest BCUT2D eigenvalue weighted by molar-refractivity contribution is 7.99. The molecule has 10 heavy (non-hydrogen) atoms. The number of hydrogen-bond donors (Lipinski definition) is 1. The highest BCUT2D eigenvalue weighted by atomic mass is 32.2. The van der Waals surface area contributed by atoms with Gasteiger partial charge in [0.05, 0.1) is 6.61 Å². The minimum absolute atomic E-state index is 0.719. The number of ether oxygens (including phenoxy) is 1. The second-order valence-corrected chi connectivity index (χ2v) is 2.90. The smallest absolute Gasteiger partial charge is 0.207 e. The summed E-state index contributed by atoms with van der Waals surface area (Å²) in [5.41, 5.74) is 0. The summed E-state index contributed by atoms with van der Waals surface area (Å²) < 4.78 is 4.84. The molecule has 60 valence electrons. The molecule has 0 rings (SSSR count). The number of methoxy groups -OCH3 is 1. The zero-order valence-corrected chi connectivity index (χ0v) is 6.95. The van der Waals surface area contributed by atoms with Gasteiger partial charge in [0.2, 0.25) is 6.41 Å². The fraction of sp³-hybridized carbons (Fsp3) is 0.833. The first-order valence-corrected chi connectivity index (χ1v) is 4.31. The van der Waals surface area contributed by atoms with Crippen molar-refractivity contribution in [3.05, 3.63) is 0 Å². The molecule has 3 nitrogen and oxygen atoms in total. The summed E-state index contributed by atoms with van der Waals surface area (Å²) in [4.78, 5) is 9.75. The third kappa shape index (κ3) is 7.78. The molecular weight excluding hydrogens is 150 g/mol. The number of rotatable bonds is 7. The molecule has 0 saturated heterocycles. The minimum Gasteiger partial charge on any atom is -0.384 e. The maximum Gasteiger partial charge on any atom is 0.207 e. The zero-order chi connectivity index (χ0) is 7.66. The van der Waals surface area contributed by atoms with E-state index in [2.05, 4.69) is 5.32 Å².